The molecule has 0 fully saturated rings. The third-order valence-electron chi connectivity index (χ3n) is 2.41. The number of hydrogen-bond donors (Lipinski definition) is 0. The molecule has 0 saturated heterocycles. The van der Waals surface area contributed by atoms with Crippen molar-refractivity contribution in [2.45, 2.75) is 13.1 Å². The van der Waals surface area contributed by atoms with E-state index in [0.29, 0.717) is 12.2 Å². The highest BCUT2D eigenvalue weighted by molar-refractivity contribution is 5.13. The Morgan fingerprint density at radius 3 is 2.76 bits per heavy atom. The Balaban J connectivity index is 2.23. The van der Waals surface area contributed by atoms with Crippen LogP contribution >= 0.6 is 0 Å². The van der Waals surface area contributed by atoms with Crippen LogP contribution in [0, 0.1) is 10.1 Å². The van der Waals surface area contributed by atoms with Crippen LogP contribution in [0.25, 0.3) is 0 Å². The van der Waals surface area contributed by atoms with E-state index in [1.54, 1.807) is 12.4 Å². The fourth-order valence-electron chi connectivity index (χ4n) is 1.62. The molecule has 5 nitrogen and oxygen atoms in total. The summed E-state index contributed by atoms with van der Waals surface area (Å²) in [5.41, 5.74) is 1.70. The van der Waals surface area contributed by atoms with Gasteiger partial charge in [-0.3, -0.25) is 15.1 Å². The van der Waals surface area contributed by atoms with E-state index in [1.165, 1.54) is 6.20 Å². The minimum atomic E-state index is -0.349. The Morgan fingerprint density at radius 1 is 1.29 bits per heavy atom. The first-order valence-corrected chi connectivity index (χ1v) is 5.24. The van der Waals surface area contributed by atoms with Gasteiger partial charge in [-0.25, -0.2) is 0 Å². The minimum absolute atomic E-state index is 0.208. The van der Waals surface area contributed by atoms with Crippen LogP contribution in [0.2, 0.25) is 0 Å². The van der Waals surface area contributed by atoms with Crippen molar-refractivity contribution in [3.8, 4) is 0 Å². The van der Waals surface area contributed by atoms with Gasteiger partial charge in [-0.2, -0.15) is 4.57 Å². The maximum atomic E-state index is 10.5. The predicted molar refractivity (Wildman–Crippen MR) is 60.7 cm³/mol. The molecule has 17 heavy (non-hydrogen) atoms. The zero-order chi connectivity index (χ0) is 12.1. The average molecular weight is 230 g/mol. The van der Waals surface area contributed by atoms with Crippen molar-refractivity contribution in [3.63, 3.8) is 0 Å². The van der Waals surface area contributed by atoms with E-state index < -0.39 is 0 Å². The van der Waals surface area contributed by atoms with Gasteiger partial charge in [0.05, 0.1) is 6.20 Å². The van der Waals surface area contributed by atoms with E-state index in [0.717, 1.165) is 5.56 Å². The van der Waals surface area contributed by atoms with Crippen LogP contribution in [-0.4, -0.2) is 9.91 Å². The fraction of sp³-hybridized carbons (Fsp3) is 0.167. The van der Waals surface area contributed by atoms with Gasteiger partial charge in [0.25, 0.3) is 12.2 Å². The van der Waals surface area contributed by atoms with Gasteiger partial charge in [-0.1, -0.05) is 30.3 Å². The highest BCUT2D eigenvalue weighted by Crippen LogP contribution is 1.99. The highest BCUT2D eigenvalue weighted by Gasteiger charge is 2.16. The molecule has 0 unspecified atom stereocenters. The predicted octanol–water partition coefficient (Wildman–Crippen LogP) is 1.19. The quantitative estimate of drug-likeness (QED) is 0.450. The van der Waals surface area contributed by atoms with Crippen LogP contribution < -0.4 is 4.57 Å². The van der Waals surface area contributed by atoms with Gasteiger partial charge in [0, 0.05) is 10.5 Å². The fourth-order valence-corrected chi connectivity index (χ4v) is 1.62. The van der Waals surface area contributed by atoms with Gasteiger partial charge in [0.15, 0.2) is 12.7 Å². The van der Waals surface area contributed by atoms with Gasteiger partial charge < -0.3 is 0 Å². The van der Waals surface area contributed by atoms with Crippen LogP contribution in [-0.2, 0) is 13.1 Å². The zero-order valence-electron chi connectivity index (χ0n) is 9.19. The summed E-state index contributed by atoms with van der Waals surface area (Å²) in [4.78, 5) is 14.1. The van der Waals surface area contributed by atoms with Gasteiger partial charge in [0.2, 0.25) is 0 Å². The first-order valence-electron chi connectivity index (χ1n) is 5.24. The molecular weight excluding hydrogens is 218 g/mol. The number of hydrogen-bond acceptors (Lipinski definition) is 3. The summed E-state index contributed by atoms with van der Waals surface area (Å²) in [6, 6.07) is 9.82. The molecule has 0 aliphatic carbocycles. The third kappa shape index (κ3) is 3.07. The lowest BCUT2D eigenvalue weighted by atomic mass is 10.2. The summed E-state index contributed by atoms with van der Waals surface area (Å²) in [7, 11) is 0. The summed E-state index contributed by atoms with van der Waals surface area (Å²) in [5.74, 6) is 0. The Bertz CT molecular complexity index is 514. The molecule has 2 rings (SSSR count). The molecule has 0 amide bonds. The summed E-state index contributed by atoms with van der Waals surface area (Å²) in [6.45, 7) is 0.410. The standard InChI is InChI=1S/C12H12N3O2/c16-15(17)10-12-8-13-6-7-14(12)9-11-4-2-1-3-5-11/h1-8H,9-10H2/q+1. The topological polar surface area (TPSA) is 59.9 Å². The second-order valence-electron chi connectivity index (χ2n) is 3.67. The van der Waals surface area contributed by atoms with Gasteiger partial charge >= 0.3 is 0 Å². The molecular formula is C12H12N3O2+. The molecule has 5 heteroatoms. The van der Waals surface area contributed by atoms with Crippen molar-refractivity contribution in [3.05, 3.63) is 70.3 Å². The van der Waals surface area contributed by atoms with Crippen LogP contribution in [0.15, 0.2) is 48.9 Å². The van der Waals surface area contributed by atoms with E-state index >= 15 is 0 Å². The summed E-state index contributed by atoms with van der Waals surface area (Å²) < 4.78 is 1.84. The maximum absolute atomic E-state index is 10.5. The molecule has 0 radical (unpaired) electrons. The number of nitrogens with zero attached hydrogens (tertiary/aromatic N) is 3. The second kappa shape index (κ2) is 5.16. The smallest absolute Gasteiger partial charge is 0.264 e. The zero-order valence-corrected chi connectivity index (χ0v) is 9.19. The van der Waals surface area contributed by atoms with Crippen molar-refractivity contribution in [1.82, 2.24) is 4.98 Å². The molecule has 1 aromatic carbocycles. The third-order valence-corrected chi connectivity index (χ3v) is 2.41. The number of aromatic nitrogens is 2. The largest absolute Gasteiger partial charge is 0.287 e. The maximum Gasteiger partial charge on any atom is 0.287 e. The normalized spacial score (nSPS) is 10.1. The van der Waals surface area contributed by atoms with Crippen molar-refractivity contribution in [1.29, 1.82) is 0 Å². The van der Waals surface area contributed by atoms with E-state index in [2.05, 4.69) is 4.98 Å². The van der Waals surface area contributed by atoms with E-state index in [1.807, 2.05) is 34.9 Å². The summed E-state index contributed by atoms with van der Waals surface area (Å²) >= 11 is 0. The Morgan fingerprint density at radius 2 is 2.06 bits per heavy atom. The van der Waals surface area contributed by atoms with Gasteiger partial charge in [0.1, 0.15) is 6.20 Å². The van der Waals surface area contributed by atoms with E-state index in [-0.39, 0.29) is 11.5 Å². The molecule has 0 aliphatic heterocycles. The Kier molecular flexibility index (Phi) is 3.40. The number of rotatable bonds is 4. The van der Waals surface area contributed by atoms with Crippen LogP contribution in [0.4, 0.5) is 0 Å². The van der Waals surface area contributed by atoms with Gasteiger partial charge in [-0.05, 0) is 0 Å². The first-order chi connectivity index (χ1) is 8.25. The second-order valence-corrected chi connectivity index (χ2v) is 3.67. The van der Waals surface area contributed by atoms with E-state index in [4.69, 9.17) is 0 Å². The molecule has 1 aromatic heterocycles. The SMILES string of the molecule is O=[N+]([O-])Cc1cncc[n+]1Cc1ccccc1. The Labute approximate surface area is 98.5 Å². The average Bonchev–Trinajstić information content (AvgIpc) is 2.32. The van der Waals surface area contributed by atoms with Gasteiger partial charge in [-0.15, -0.1) is 0 Å². The van der Waals surface area contributed by atoms with Crippen molar-refractivity contribution in [2.24, 2.45) is 0 Å². The number of nitro groups is 1. The lowest BCUT2D eigenvalue weighted by Crippen LogP contribution is -2.39. The molecule has 86 valence electrons. The van der Waals surface area contributed by atoms with Crippen molar-refractivity contribution < 1.29 is 9.49 Å². The minimum Gasteiger partial charge on any atom is -0.264 e. The molecule has 0 aliphatic rings. The summed E-state index contributed by atoms with van der Waals surface area (Å²) in [6.07, 6.45) is 4.92. The van der Waals surface area contributed by atoms with Crippen LogP contribution in [0.5, 0.6) is 0 Å². The lowest BCUT2D eigenvalue weighted by Gasteiger charge is -2.00. The van der Waals surface area contributed by atoms with Crippen LogP contribution in [0.1, 0.15) is 11.3 Å². The Hall–Kier alpha value is -2.30. The van der Waals surface area contributed by atoms with E-state index in [9.17, 15) is 10.1 Å². The molecule has 1 heterocycles. The molecule has 2 aromatic rings. The van der Waals surface area contributed by atoms with Crippen molar-refractivity contribution in [2.75, 3.05) is 0 Å². The van der Waals surface area contributed by atoms with Crippen LogP contribution in [0.3, 0.4) is 0 Å². The molecule has 0 spiro atoms. The summed E-state index contributed by atoms with van der Waals surface area (Å²) in [5, 5.41) is 10.5. The monoisotopic (exact) mass is 230 g/mol. The molecule has 0 bridgehead atoms. The number of benzene rings is 1. The molecule has 0 saturated carbocycles. The lowest BCUT2D eigenvalue weighted by molar-refractivity contribution is -0.709. The molecule has 0 atom stereocenters. The molecule has 0 N–H and O–H groups in total. The van der Waals surface area contributed by atoms with Crippen molar-refractivity contribution >= 4 is 0 Å². The highest BCUT2D eigenvalue weighted by atomic mass is 16.6. The first kappa shape index (κ1) is 11.2.